The van der Waals surface area contributed by atoms with Gasteiger partial charge in [-0.25, -0.2) is 16.8 Å². The maximum atomic E-state index is 12.9. The van der Waals surface area contributed by atoms with E-state index in [1.807, 2.05) is 0 Å². The Morgan fingerprint density at radius 3 is 2.09 bits per heavy atom. The van der Waals surface area contributed by atoms with Crippen molar-refractivity contribution < 1.29 is 26.4 Å². The fourth-order valence-electron chi connectivity index (χ4n) is 2.97. The molecule has 180 valence electrons. The zero-order valence-corrected chi connectivity index (χ0v) is 20.6. The molecular formula is C22H22ClN3O6S2. The predicted molar refractivity (Wildman–Crippen MR) is 131 cm³/mol. The normalized spacial score (nSPS) is 11.5. The molecule has 3 rings (SSSR count). The van der Waals surface area contributed by atoms with E-state index in [4.69, 9.17) is 16.3 Å². The average Bonchev–Trinajstić information content (AvgIpc) is 2.78. The lowest BCUT2D eigenvalue weighted by atomic mass is 10.2. The molecule has 0 aromatic heterocycles. The summed E-state index contributed by atoms with van der Waals surface area (Å²) in [5.41, 5.74) is 0.498. The Morgan fingerprint density at radius 1 is 0.853 bits per heavy atom. The van der Waals surface area contributed by atoms with Gasteiger partial charge in [0, 0.05) is 17.3 Å². The molecule has 0 saturated carbocycles. The molecule has 0 aliphatic rings. The van der Waals surface area contributed by atoms with Gasteiger partial charge in [0.1, 0.15) is 5.75 Å². The largest absolute Gasteiger partial charge is 0.496 e. The van der Waals surface area contributed by atoms with Crippen molar-refractivity contribution >= 4 is 48.9 Å². The molecule has 0 heterocycles. The first-order chi connectivity index (χ1) is 16.1. The van der Waals surface area contributed by atoms with Crippen molar-refractivity contribution in [2.75, 3.05) is 23.1 Å². The van der Waals surface area contributed by atoms with Gasteiger partial charge < -0.3 is 10.1 Å². The number of anilines is 2. The van der Waals surface area contributed by atoms with Crippen LogP contribution >= 0.6 is 11.6 Å². The van der Waals surface area contributed by atoms with Crippen LogP contribution in [0, 0.1) is 0 Å². The molecular weight excluding hydrogens is 502 g/mol. The highest BCUT2D eigenvalue weighted by atomic mass is 35.5. The Bertz CT molecular complexity index is 1410. The van der Waals surface area contributed by atoms with E-state index >= 15 is 0 Å². The van der Waals surface area contributed by atoms with Gasteiger partial charge in [0.15, 0.2) is 0 Å². The van der Waals surface area contributed by atoms with Crippen LogP contribution in [-0.4, -0.2) is 36.4 Å². The van der Waals surface area contributed by atoms with E-state index in [1.54, 1.807) is 25.1 Å². The third-order valence-corrected chi connectivity index (χ3v) is 7.57. The summed E-state index contributed by atoms with van der Waals surface area (Å²) in [7, 11) is -6.62. The molecule has 1 amide bonds. The Hall–Kier alpha value is -3.28. The van der Waals surface area contributed by atoms with Gasteiger partial charge in [-0.3, -0.25) is 14.2 Å². The highest BCUT2D eigenvalue weighted by molar-refractivity contribution is 7.93. The molecule has 9 nitrogen and oxygen atoms in total. The van der Waals surface area contributed by atoms with Crippen molar-refractivity contribution in [3.05, 3.63) is 77.3 Å². The standard InChI is InChI=1S/C22H22ClN3O6S2/c1-3-24-22(27)20-14-19(11-12-21(20)32-2)34(30,31)25-16-7-9-18(10-8-16)33(28,29)26-17-6-4-5-15(23)13-17/h4-14,25-26H,3H2,1-2H3,(H,24,27). The lowest BCUT2D eigenvalue weighted by Gasteiger charge is -2.13. The molecule has 0 aliphatic heterocycles. The molecule has 0 saturated heterocycles. The Labute approximate surface area is 203 Å². The first kappa shape index (κ1) is 25.3. The number of sulfonamides is 2. The molecule has 0 fully saturated rings. The highest BCUT2D eigenvalue weighted by Crippen LogP contribution is 2.25. The van der Waals surface area contributed by atoms with E-state index in [1.165, 1.54) is 55.6 Å². The summed E-state index contributed by atoms with van der Waals surface area (Å²) in [4.78, 5) is 12.0. The molecule has 3 aromatic carbocycles. The second-order valence-corrected chi connectivity index (χ2v) is 10.8. The number of carbonyl (C=O) groups is 1. The van der Waals surface area contributed by atoms with E-state index in [0.717, 1.165) is 0 Å². The zero-order chi connectivity index (χ0) is 24.9. The fraction of sp³-hybridized carbons (Fsp3) is 0.136. The third-order valence-electron chi connectivity index (χ3n) is 4.56. The summed E-state index contributed by atoms with van der Waals surface area (Å²) in [5, 5.41) is 2.98. The van der Waals surface area contributed by atoms with Crippen molar-refractivity contribution in [3.8, 4) is 5.75 Å². The van der Waals surface area contributed by atoms with Gasteiger partial charge in [-0.1, -0.05) is 17.7 Å². The highest BCUT2D eigenvalue weighted by Gasteiger charge is 2.21. The van der Waals surface area contributed by atoms with E-state index in [9.17, 15) is 21.6 Å². The van der Waals surface area contributed by atoms with Crippen molar-refractivity contribution in [2.45, 2.75) is 16.7 Å². The van der Waals surface area contributed by atoms with Crippen LogP contribution in [-0.2, 0) is 20.0 Å². The van der Waals surface area contributed by atoms with Crippen LogP contribution in [0.5, 0.6) is 5.75 Å². The number of nitrogens with one attached hydrogen (secondary N) is 3. The molecule has 34 heavy (non-hydrogen) atoms. The number of benzene rings is 3. The lowest BCUT2D eigenvalue weighted by Crippen LogP contribution is -2.24. The van der Waals surface area contributed by atoms with Gasteiger partial charge in [-0.05, 0) is 67.6 Å². The minimum atomic E-state index is -4.08. The summed E-state index contributed by atoms with van der Waals surface area (Å²) >= 11 is 5.88. The number of amides is 1. The summed E-state index contributed by atoms with van der Waals surface area (Å²) in [6.45, 7) is 2.10. The summed E-state index contributed by atoms with van der Waals surface area (Å²) < 4.78 is 60.9. The minimum Gasteiger partial charge on any atom is -0.496 e. The summed E-state index contributed by atoms with van der Waals surface area (Å²) in [5.74, 6) is -0.246. The van der Waals surface area contributed by atoms with Gasteiger partial charge in [0.05, 0.1) is 28.2 Å². The lowest BCUT2D eigenvalue weighted by molar-refractivity contribution is 0.0952. The van der Waals surface area contributed by atoms with Crippen LogP contribution in [0.25, 0.3) is 0 Å². The number of carbonyl (C=O) groups excluding carboxylic acids is 1. The number of ether oxygens (including phenoxy) is 1. The van der Waals surface area contributed by atoms with Gasteiger partial charge in [-0.15, -0.1) is 0 Å². The van der Waals surface area contributed by atoms with Crippen LogP contribution < -0.4 is 19.5 Å². The summed E-state index contributed by atoms with van der Waals surface area (Å²) in [6, 6.07) is 15.3. The molecule has 0 spiro atoms. The predicted octanol–water partition coefficient (Wildman–Crippen LogP) is 3.70. The van der Waals surface area contributed by atoms with Gasteiger partial charge in [0.2, 0.25) is 0 Å². The van der Waals surface area contributed by atoms with Crippen molar-refractivity contribution in [2.24, 2.45) is 0 Å². The van der Waals surface area contributed by atoms with E-state index in [2.05, 4.69) is 14.8 Å². The van der Waals surface area contributed by atoms with Crippen molar-refractivity contribution in [1.82, 2.24) is 5.32 Å². The number of hydrogen-bond donors (Lipinski definition) is 3. The zero-order valence-electron chi connectivity index (χ0n) is 18.2. The van der Waals surface area contributed by atoms with E-state index < -0.39 is 26.0 Å². The Balaban J connectivity index is 1.82. The van der Waals surface area contributed by atoms with Crippen molar-refractivity contribution in [1.29, 1.82) is 0 Å². The first-order valence-corrected chi connectivity index (χ1v) is 13.3. The second-order valence-electron chi connectivity index (χ2n) is 6.97. The van der Waals surface area contributed by atoms with Crippen molar-refractivity contribution in [3.63, 3.8) is 0 Å². The number of halogens is 1. The number of methoxy groups -OCH3 is 1. The van der Waals surface area contributed by atoms with Gasteiger partial charge >= 0.3 is 0 Å². The van der Waals surface area contributed by atoms with Crippen LogP contribution in [0.15, 0.2) is 76.5 Å². The number of hydrogen-bond acceptors (Lipinski definition) is 6. The third kappa shape index (κ3) is 5.99. The van der Waals surface area contributed by atoms with Gasteiger partial charge in [-0.2, -0.15) is 0 Å². The van der Waals surface area contributed by atoms with Crippen LogP contribution in [0.2, 0.25) is 5.02 Å². The molecule has 0 aliphatic carbocycles. The Kier molecular flexibility index (Phi) is 7.70. The number of rotatable bonds is 9. The van der Waals surface area contributed by atoms with E-state index in [-0.39, 0.29) is 26.8 Å². The maximum absolute atomic E-state index is 12.9. The molecule has 3 N–H and O–H groups in total. The maximum Gasteiger partial charge on any atom is 0.261 e. The topological polar surface area (TPSA) is 131 Å². The van der Waals surface area contributed by atoms with Gasteiger partial charge in [0.25, 0.3) is 26.0 Å². The molecule has 0 bridgehead atoms. The molecule has 0 radical (unpaired) electrons. The molecule has 0 atom stereocenters. The molecule has 0 unspecified atom stereocenters. The smallest absolute Gasteiger partial charge is 0.261 e. The first-order valence-electron chi connectivity index (χ1n) is 9.93. The average molecular weight is 524 g/mol. The molecule has 12 heteroatoms. The van der Waals surface area contributed by atoms with E-state index in [0.29, 0.717) is 17.3 Å². The summed E-state index contributed by atoms with van der Waals surface area (Å²) in [6.07, 6.45) is 0. The SMILES string of the molecule is CCNC(=O)c1cc(S(=O)(=O)Nc2ccc(S(=O)(=O)Nc3cccc(Cl)c3)cc2)ccc1OC. The Morgan fingerprint density at radius 2 is 1.47 bits per heavy atom. The van der Waals surface area contributed by atoms with Crippen LogP contribution in [0.1, 0.15) is 17.3 Å². The minimum absolute atomic E-state index is 0.0701. The molecule has 3 aromatic rings. The monoisotopic (exact) mass is 523 g/mol. The second kappa shape index (κ2) is 10.3. The fourth-order valence-corrected chi connectivity index (χ4v) is 5.29. The van der Waals surface area contributed by atoms with Crippen LogP contribution in [0.4, 0.5) is 11.4 Å². The quantitative estimate of drug-likeness (QED) is 0.392. The van der Waals surface area contributed by atoms with Crippen LogP contribution in [0.3, 0.4) is 0 Å².